The Kier molecular flexibility index (Phi) is 4.53. The van der Waals surface area contributed by atoms with Crippen molar-refractivity contribution in [3.8, 4) is 0 Å². The smallest absolute Gasteiger partial charge is 0.221 e. The first-order chi connectivity index (χ1) is 10.4. The number of hydrogen-bond donors (Lipinski definition) is 1. The van der Waals surface area contributed by atoms with Gasteiger partial charge in [-0.15, -0.1) is 0 Å². The zero-order valence-corrected chi connectivity index (χ0v) is 13.8. The topological polar surface area (TPSA) is 66.4 Å². The van der Waals surface area contributed by atoms with Gasteiger partial charge in [0.05, 0.1) is 12.7 Å². The second-order valence-corrected chi connectivity index (χ2v) is 7.08. The van der Waals surface area contributed by atoms with Crippen molar-refractivity contribution in [2.24, 2.45) is 0 Å². The Labute approximate surface area is 132 Å². The summed E-state index contributed by atoms with van der Waals surface area (Å²) in [5.41, 5.74) is 0. The molecule has 6 heteroatoms. The van der Waals surface area contributed by atoms with Crippen LogP contribution in [0, 0.1) is 0 Å². The van der Waals surface area contributed by atoms with Crippen LogP contribution in [0.3, 0.4) is 0 Å². The van der Waals surface area contributed by atoms with Crippen LogP contribution in [0.25, 0.3) is 0 Å². The summed E-state index contributed by atoms with van der Waals surface area (Å²) in [6.07, 6.45) is 4.63. The molecule has 0 bridgehead atoms. The van der Waals surface area contributed by atoms with Crippen molar-refractivity contribution in [2.45, 2.75) is 81.9 Å². The summed E-state index contributed by atoms with van der Waals surface area (Å²) in [4.78, 5) is 0. The molecule has 2 heterocycles. The maximum Gasteiger partial charge on any atom is 0.221 e. The molecule has 3 rings (SSSR count). The molecule has 3 fully saturated rings. The molecule has 1 saturated carbocycles. The van der Waals surface area contributed by atoms with Crippen molar-refractivity contribution in [2.75, 3.05) is 20.3 Å². The highest BCUT2D eigenvalue weighted by molar-refractivity contribution is 4.95. The minimum atomic E-state index is -1.03. The second kappa shape index (κ2) is 6.00. The molecule has 2 saturated heterocycles. The first kappa shape index (κ1) is 16.6. The molecule has 0 amide bonds. The van der Waals surface area contributed by atoms with E-state index in [1.165, 1.54) is 6.42 Å². The first-order valence-corrected chi connectivity index (χ1v) is 8.28. The third kappa shape index (κ3) is 3.18. The molecule has 0 aromatic rings. The van der Waals surface area contributed by atoms with E-state index >= 15 is 0 Å². The molecule has 128 valence electrons. The highest BCUT2D eigenvalue weighted by Gasteiger charge is 2.57. The summed E-state index contributed by atoms with van der Waals surface area (Å²) in [5.74, 6) is -2.29. The predicted octanol–water partition coefficient (Wildman–Crippen LogP) is 1.94. The van der Waals surface area contributed by atoms with E-state index in [0.717, 1.165) is 25.7 Å². The zero-order chi connectivity index (χ0) is 15.8. The molecule has 22 heavy (non-hydrogen) atoms. The van der Waals surface area contributed by atoms with Crippen LogP contribution in [0.4, 0.5) is 0 Å². The Morgan fingerprint density at radius 1 is 1.14 bits per heavy atom. The van der Waals surface area contributed by atoms with E-state index in [1.54, 1.807) is 7.11 Å². The van der Waals surface area contributed by atoms with Gasteiger partial charge in [-0.05, 0) is 26.7 Å². The zero-order valence-electron chi connectivity index (χ0n) is 13.8. The molecule has 0 unspecified atom stereocenters. The Hall–Kier alpha value is -0.240. The summed E-state index contributed by atoms with van der Waals surface area (Å²) in [6.45, 7) is 4.34. The molecule has 1 N–H and O–H groups in total. The highest BCUT2D eigenvalue weighted by Crippen LogP contribution is 2.45. The molecular weight excluding hydrogens is 288 g/mol. The molecular formula is C16H28O6. The normalized spacial score (nSPS) is 38.7. The average Bonchev–Trinajstić information content (AvgIpc) is 2.84. The quantitative estimate of drug-likeness (QED) is 0.803. The van der Waals surface area contributed by atoms with Crippen LogP contribution in [-0.2, 0) is 23.7 Å². The van der Waals surface area contributed by atoms with Gasteiger partial charge in [0, 0.05) is 26.4 Å². The fourth-order valence-corrected chi connectivity index (χ4v) is 3.54. The van der Waals surface area contributed by atoms with E-state index in [1.807, 2.05) is 13.8 Å². The SMILES string of the molecule is COC(C)(C)O[C@@H]1CO[C@]2(COC3(CCCCC3)O2)[C@@H](O)C1. The van der Waals surface area contributed by atoms with Crippen LogP contribution in [0.1, 0.15) is 52.4 Å². The third-order valence-corrected chi connectivity index (χ3v) is 4.96. The molecule has 6 nitrogen and oxygen atoms in total. The minimum Gasteiger partial charge on any atom is -0.387 e. The van der Waals surface area contributed by atoms with Crippen LogP contribution in [0.5, 0.6) is 0 Å². The maximum atomic E-state index is 10.6. The lowest BCUT2D eigenvalue weighted by atomic mass is 9.94. The lowest BCUT2D eigenvalue weighted by Crippen LogP contribution is -2.56. The second-order valence-electron chi connectivity index (χ2n) is 7.08. The Morgan fingerprint density at radius 2 is 1.86 bits per heavy atom. The van der Waals surface area contributed by atoms with Gasteiger partial charge in [-0.3, -0.25) is 0 Å². The summed E-state index contributed by atoms with van der Waals surface area (Å²) >= 11 is 0. The standard InChI is InChI=1S/C16H28O6/c1-14(2,18-3)21-12-9-13(17)16(19-10-12)11-20-15(22-16)7-5-4-6-8-15/h12-13,17H,4-11H2,1-3H3/t12-,13-,16-/m0/s1. The molecule has 3 atom stereocenters. The van der Waals surface area contributed by atoms with E-state index < -0.39 is 23.5 Å². The lowest BCUT2D eigenvalue weighted by Gasteiger charge is -2.43. The van der Waals surface area contributed by atoms with Gasteiger partial charge in [0.1, 0.15) is 12.7 Å². The van der Waals surface area contributed by atoms with Crippen molar-refractivity contribution in [1.29, 1.82) is 0 Å². The lowest BCUT2D eigenvalue weighted by molar-refractivity contribution is -0.343. The number of aliphatic hydroxyl groups excluding tert-OH is 1. The van der Waals surface area contributed by atoms with Crippen LogP contribution in [0.2, 0.25) is 0 Å². The number of ether oxygens (including phenoxy) is 5. The Bertz CT molecular complexity index is 392. The molecule has 0 aromatic carbocycles. The minimum absolute atomic E-state index is 0.220. The Balaban J connectivity index is 1.61. The number of aliphatic hydroxyl groups is 1. The van der Waals surface area contributed by atoms with Crippen molar-refractivity contribution in [3.63, 3.8) is 0 Å². The molecule has 0 aromatic heterocycles. The fourth-order valence-electron chi connectivity index (χ4n) is 3.54. The van der Waals surface area contributed by atoms with Crippen LogP contribution < -0.4 is 0 Å². The van der Waals surface area contributed by atoms with Crippen molar-refractivity contribution < 1.29 is 28.8 Å². The van der Waals surface area contributed by atoms with Gasteiger partial charge >= 0.3 is 0 Å². The molecule has 0 radical (unpaired) electrons. The average molecular weight is 316 g/mol. The van der Waals surface area contributed by atoms with Crippen LogP contribution in [0.15, 0.2) is 0 Å². The van der Waals surface area contributed by atoms with Gasteiger partial charge in [0.25, 0.3) is 0 Å². The van der Waals surface area contributed by atoms with Gasteiger partial charge in [-0.25, -0.2) is 0 Å². The Morgan fingerprint density at radius 3 is 2.50 bits per heavy atom. The van der Waals surface area contributed by atoms with Crippen molar-refractivity contribution in [3.05, 3.63) is 0 Å². The van der Waals surface area contributed by atoms with Crippen molar-refractivity contribution in [1.82, 2.24) is 0 Å². The summed E-state index contributed by atoms with van der Waals surface area (Å²) in [6, 6.07) is 0. The predicted molar refractivity (Wildman–Crippen MR) is 78.1 cm³/mol. The van der Waals surface area contributed by atoms with Gasteiger partial charge in [0.2, 0.25) is 5.79 Å². The number of rotatable bonds is 3. The molecule has 2 aliphatic heterocycles. The van der Waals surface area contributed by atoms with E-state index in [2.05, 4.69) is 0 Å². The van der Waals surface area contributed by atoms with Crippen LogP contribution in [-0.4, -0.2) is 55.0 Å². The number of hydrogen-bond acceptors (Lipinski definition) is 6. The van der Waals surface area contributed by atoms with Crippen LogP contribution >= 0.6 is 0 Å². The monoisotopic (exact) mass is 316 g/mol. The van der Waals surface area contributed by atoms with E-state index in [0.29, 0.717) is 13.0 Å². The maximum absolute atomic E-state index is 10.6. The van der Waals surface area contributed by atoms with Gasteiger partial charge in [-0.1, -0.05) is 6.42 Å². The summed E-state index contributed by atoms with van der Waals surface area (Å²) in [5, 5.41) is 10.6. The molecule has 2 spiro atoms. The molecule has 1 aliphatic carbocycles. The van der Waals surface area contributed by atoms with E-state index in [4.69, 9.17) is 23.7 Å². The van der Waals surface area contributed by atoms with Gasteiger partial charge in [0.15, 0.2) is 11.6 Å². The summed E-state index contributed by atoms with van der Waals surface area (Å²) in [7, 11) is 1.60. The van der Waals surface area contributed by atoms with Gasteiger partial charge < -0.3 is 28.8 Å². The first-order valence-electron chi connectivity index (χ1n) is 8.28. The van der Waals surface area contributed by atoms with Crippen molar-refractivity contribution >= 4 is 0 Å². The third-order valence-electron chi connectivity index (χ3n) is 4.96. The summed E-state index contributed by atoms with van der Waals surface area (Å²) < 4.78 is 29.1. The largest absolute Gasteiger partial charge is 0.387 e. The fraction of sp³-hybridized carbons (Fsp3) is 1.00. The van der Waals surface area contributed by atoms with Gasteiger partial charge in [-0.2, -0.15) is 0 Å². The molecule has 3 aliphatic rings. The highest BCUT2D eigenvalue weighted by atomic mass is 16.8. The number of methoxy groups -OCH3 is 1. The van der Waals surface area contributed by atoms with E-state index in [9.17, 15) is 5.11 Å². The van der Waals surface area contributed by atoms with E-state index in [-0.39, 0.29) is 12.7 Å².